The van der Waals surface area contributed by atoms with Crippen LogP contribution in [0.5, 0.6) is 0 Å². The molecule has 1 N–H and O–H groups in total. The first-order valence-electron chi connectivity index (χ1n) is 8.20. The maximum Gasteiger partial charge on any atom is 0.129 e. The number of halogens is 2. The topological polar surface area (TPSA) is 42.7 Å². The van der Waals surface area contributed by atoms with E-state index >= 15 is 0 Å². The van der Waals surface area contributed by atoms with Gasteiger partial charge in [0.25, 0.3) is 0 Å². The molecule has 0 radical (unpaired) electrons. The second-order valence-electron chi connectivity index (χ2n) is 6.13. The Balaban J connectivity index is 1.95. The Morgan fingerprint density at radius 3 is 2.52 bits per heavy atom. The minimum atomic E-state index is -0.354. The molecule has 130 valence electrons. The van der Waals surface area contributed by atoms with Crippen molar-refractivity contribution >= 4 is 11.6 Å². The van der Waals surface area contributed by atoms with Crippen LogP contribution in [-0.4, -0.2) is 21.0 Å². The van der Waals surface area contributed by atoms with Crippen LogP contribution in [0.3, 0.4) is 0 Å². The van der Waals surface area contributed by atoms with Crippen molar-refractivity contribution in [2.45, 2.75) is 33.0 Å². The van der Waals surface area contributed by atoms with E-state index < -0.39 is 0 Å². The molecule has 25 heavy (non-hydrogen) atoms. The zero-order valence-corrected chi connectivity index (χ0v) is 15.0. The molecule has 0 amide bonds. The van der Waals surface area contributed by atoms with Gasteiger partial charge in [-0.1, -0.05) is 61.8 Å². The standard InChI is InChI=1S/C19H20ClFN4/c1-13(2)22-11-18-19(14-7-4-3-5-8-14)24-25(23-18)12-15-16(20)9-6-10-17(15)21/h3-10,13,22H,11-12H2,1-2H3. The van der Waals surface area contributed by atoms with Crippen molar-refractivity contribution in [3.8, 4) is 11.3 Å². The first-order chi connectivity index (χ1) is 12.0. The molecule has 0 saturated carbocycles. The summed E-state index contributed by atoms with van der Waals surface area (Å²) < 4.78 is 14.1. The second kappa shape index (κ2) is 7.76. The van der Waals surface area contributed by atoms with Gasteiger partial charge in [-0.2, -0.15) is 15.0 Å². The van der Waals surface area contributed by atoms with E-state index in [1.54, 1.807) is 12.1 Å². The van der Waals surface area contributed by atoms with Gasteiger partial charge in [-0.05, 0) is 12.1 Å². The Hall–Kier alpha value is -2.24. The van der Waals surface area contributed by atoms with Crippen molar-refractivity contribution in [1.29, 1.82) is 0 Å². The maximum absolute atomic E-state index is 14.1. The Kier molecular flexibility index (Phi) is 5.46. The van der Waals surface area contributed by atoms with Crippen molar-refractivity contribution in [2.75, 3.05) is 0 Å². The van der Waals surface area contributed by atoms with Gasteiger partial charge in [0, 0.05) is 28.7 Å². The van der Waals surface area contributed by atoms with Gasteiger partial charge in [-0.3, -0.25) is 0 Å². The van der Waals surface area contributed by atoms with E-state index in [0.717, 1.165) is 17.0 Å². The van der Waals surface area contributed by atoms with E-state index in [4.69, 9.17) is 11.6 Å². The minimum absolute atomic E-state index is 0.188. The molecule has 0 bridgehead atoms. The monoisotopic (exact) mass is 358 g/mol. The first-order valence-corrected chi connectivity index (χ1v) is 8.58. The van der Waals surface area contributed by atoms with Gasteiger partial charge in [-0.15, -0.1) is 0 Å². The SMILES string of the molecule is CC(C)NCc1nn(Cc2c(F)cccc2Cl)nc1-c1ccccc1. The molecule has 0 aliphatic rings. The molecule has 4 nitrogen and oxygen atoms in total. The molecule has 3 rings (SSSR count). The van der Waals surface area contributed by atoms with E-state index in [1.165, 1.54) is 10.9 Å². The first kappa shape index (κ1) is 17.6. The molecule has 0 fully saturated rings. The molecule has 6 heteroatoms. The third-order valence-corrected chi connectivity index (χ3v) is 4.17. The van der Waals surface area contributed by atoms with Crippen LogP contribution in [0.2, 0.25) is 5.02 Å². The number of aromatic nitrogens is 3. The minimum Gasteiger partial charge on any atom is -0.309 e. The summed E-state index contributed by atoms with van der Waals surface area (Å²) in [5.41, 5.74) is 2.99. The molecular weight excluding hydrogens is 339 g/mol. The quantitative estimate of drug-likeness (QED) is 0.715. The Morgan fingerprint density at radius 2 is 1.84 bits per heavy atom. The van der Waals surface area contributed by atoms with Crippen LogP contribution in [0.1, 0.15) is 25.1 Å². The normalized spacial score (nSPS) is 11.2. The summed E-state index contributed by atoms with van der Waals surface area (Å²) in [5, 5.41) is 12.9. The highest BCUT2D eigenvalue weighted by molar-refractivity contribution is 6.31. The average Bonchev–Trinajstić information content (AvgIpc) is 3.00. The third-order valence-electron chi connectivity index (χ3n) is 3.81. The highest BCUT2D eigenvalue weighted by Gasteiger charge is 2.15. The Bertz CT molecular complexity index is 826. The van der Waals surface area contributed by atoms with Crippen LogP contribution in [0.25, 0.3) is 11.3 Å². The fourth-order valence-corrected chi connectivity index (χ4v) is 2.74. The lowest BCUT2D eigenvalue weighted by molar-refractivity contribution is 0.535. The van der Waals surface area contributed by atoms with Gasteiger partial charge in [-0.25, -0.2) is 4.39 Å². The van der Waals surface area contributed by atoms with Gasteiger partial charge in [0.05, 0.1) is 6.54 Å². The summed E-state index contributed by atoms with van der Waals surface area (Å²) >= 11 is 6.12. The largest absolute Gasteiger partial charge is 0.309 e. The molecule has 0 aliphatic carbocycles. The zero-order chi connectivity index (χ0) is 17.8. The summed E-state index contributed by atoms with van der Waals surface area (Å²) in [5.74, 6) is -0.354. The average molecular weight is 359 g/mol. The number of nitrogens with one attached hydrogen (secondary N) is 1. The fraction of sp³-hybridized carbons (Fsp3) is 0.263. The highest BCUT2D eigenvalue weighted by atomic mass is 35.5. The summed E-state index contributed by atoms with van der Waals surface area (Å²) in [4.78, 5) is 1.50. The predicted molar refractivity (Wildman–Crippen MR) is 97.9 cm³/mol. The number of hydrogen-bond acceptors (Lipinski definition) is 3. The van der Waals surface area contributed by atoms with Gasteiger partial charge in [0.15, 0.2) is 0 Å². The lowest BCUT2D eigenvalue weighted by atomic mass is 10.1. The molecule has 0 spiro atoms. The Labute approximate surface area is 151 Å². The highest BCUT2D eigenvalue weighted by Crippen LogP contribution is 2.23. The van der Waals surface area contributed by atoms with Crippen LogP contribution in [0.4, 0.5) is 4.39 Å². The van der Waals surface area contributed by atoms with Crippen LogP contribution in [-0.2, 0) is 13.1 Å². The van der Waals surface area contributed by atoms with E-state index in [2.05, 4.69) is 29.4 Å². The van der Waals surface area contributed by atoms with Gasteiger partial charge >= 0.3 is 0 Å². The molecule has 0 atom stereocenters. The summed E-state index contributed by atoms with van der Waals surface area (Å²) in [6.45, 7) is 4.93. The lowest BCUT2D eigenvalue weighted by Gasteiger charge is -2.06. The maximum atomic E-state index is 14.1. The lowest BCUT2D eigenvalue weighted by Crippen LogP contribution is -2.22. The third kappa shape index (κ3) is 4.24. The molecule has 3 aromatic rings. The number of benzene rings is 2. The zero-order valence-electron chi connectivity index (χ0n) is 14.2. The van der Waals surface area contributed by atoms with Crippen molar-refractivity contribution in [3.63, 3.8) is 0 Å². The smallest absolute Gasteiger partial charge is 0.129 e. The summed E-state index contributed by atoms with van der Waals surface area (Å²) in [6, 6.07) is 14.8. The van der Waals surface area contributed by atoms with Crippen LogP contribution < -0.4 is 5.32 Å². The number of nitrogens with zero attached hydrogens (tertiary/aromatic N) is 3. The van der Waals surface area contributed by atoms with E-state index in [1.807, 2.05) is 30.3 Å². The second-order valence-corrected chi connectivity index (χ2v) is 6.53. The van der Waals surface area contributed by atoms with Gasteiger partial charge < -0.3 is 5.32 Å². The molecule has 0 aliphatic heterocycles. The van der Waals surface area contributed by atoms with Crippen LogP contribution in [0.15, 0.2) is 48.5 Å². The van der Waals surface area contributed by atoms with Crippen molar-refractivity contribution in [2.24, 2.45) is 0 Å². The fourth-order valence-electron chi connectivity index (χ4n) is 2.52. The van der Waals surface area contributed by atoms with E-state index in [-0.39, 0.29) is 12.4 Å². The summed E-state index contributed by atoms with van der Waals surface area (Å²) in [6.07, 6.45) is 0. The van der Waals surface area contributed by atoms with Gasteiger partial charge in [0.1, 0.15) is 17.2 Å². The van der Waals surface area contributed by atoms with Crippen molar-refractivity contribution in [3.05, 3.63) is 70.6 Å². The van der Waals surface area contributed by atoms with E-state index in [0.29, 0.717) is 23.2 Å². The predicted octanol–water partition coefficient (Wildman–Crippen LogP) is 4.28. The van der Waals surface area contributed by atoms with Gasteiger partial charge in [0.2, 0.25) is 0 Å². The molecule has 2 aromatic carbocycles. The van der Waals surface area contributed by atoms with E-state index in [9.17, 15) is 4.39 Å². The van der Waals surface area contributed by atoms with Crippen LogP contribution >= 0.6 is 11.6 Å². The Morgan fingerprint density at radius 1 is 1.08 bits per heavy atom. The molecule has 0 saturated heterocycles. The molecular formula is C19H20ClFN4. The molecule has 1 heterocycles. The molecule has 1 aromatic heterocycles. The summed E-state index contributed by atoms with van der Waals surface area (Å²) in [7, 11) is 0. The number of hydrogen-bond donors (Lipinski definition) is 1. The van der Waals surface area contributed by atoms with Crippen molar-refractivity contribution in [1.82, 2.24) is 20.3 Å². The van der Waals surface area contributed by atoms with Crippen molar-refractivity contribution < 1.29 is 4.39 Å². The molecule has 0 unspecified atom stereocenters. The van der Waals surface area contributed by atoms with Crippen LogP contribution in [0, 0.1) is 5.82 Å². The number of rotatable bonds is 6.